The molecule has 6 heteroatoms. The van der Waals surface area contributed by atoms with Gasteiger partial charge < -0.3 is 10.2 Å². The molecule has 1 aliphatic rings. The van der Waals surface area contributed by atoms with Crippen molar-refractivity contribution < 1.29 is 13.6 Å². The standard InChI is InChI=1S/C20H15F2N3O/c21-16-7-5-14(11-17(16)22)20(26)24-15-6-8-19(23-12-15)25-10-9-13-3-1-2-4-18(13)25/h1-8,11-12H,9-10H2,(H,24,26). The lowest BCUT2D eigenvalue weighted by atomic mass is 10.2. The van der Waals surface area contributed by atoms with Crippen LogP contribution in [0.3, 0.4) is 0 Å². The molecule has 0 spiro atoms. The summed E-state index contributed by atoms with van der Waals surface area (Å²) in [4.78, 5) is 18.7. The van der Waals surface area contributed by atoms with Gasteiger partial charge in [-0.15, -0.1) is 0 Å². The highest BCUT2D eigenvalue weighted by Crippen LogP contribution is 2.33. The van der Waals surface area contributed by atoms with E-state index in [-0.39, 0.29) is 5.56 Å². The van der Waals surface area contributed by atoms with E-state index in [0.717, 1.165) is 36.6 Å². The van der Waals surface area contributed by atoms with Crippen molar-refractivity contribution in [2.24, 2.45) is 0 Å². The number of pyridine rings is 1. The molecule has 130 valence electrons. The van der Waals surface area contributed by atoms with Crippen molar-refractivity contribution in [3.63, 3.8) is 0 Å². The molecule has 26 heavy (non-hydrogen) atoms. The molecular formula is C20H15F2N3O. The van der Waals surface area contributed by atoms with E-state index in [1.807, 2.05) is 18.2 Å². The minimum atomic E-state index is -1.06. The van der Waals surface area contributed by atoms with Gasteiger partial charge in [0.1, 0.15) is 5.82 Å². The number of carbonyl (C=O) groups excluding carboxylic acids is 1. The first kappa shape index (κ1) is 16.2. The molecule has 0 unspecified atom stereocenters. The molecule has 0 saturated carbocycles. The molecule has 1 N–H and O–H groups in total. The molecule has 1 aliphatic heterocycles. The number of hydrogen-bond donors (Lipinski definition) is 1. The zero-order valence-electron chi connectivity index (χ0n) is 13.7. The van der Waals surface area contributed by atoms with Gasteiger partial charge >= 0.3 is 0 Å². The zero-order valence-corrected chi connectivity index (χ0v) is 13.7. The van der Waals surface area contributed by atoms with Crippen LogP contribution in [0.15, 0.2) is 60.8 Å². The molecular weight excluding hydrogens is 336 g/mol. The average molecular weight is 351 g/mol. The Bertz CT molecular complexity index is 973. The number of nitrogens with zero attached hydrogens (tertiary/aromatic N) is 2. The number of aromatic nitrogens is 1. The minimum absolute atomic E-state index is 0.0430. The SMILES string of the molecule is O=C(Nc1ccc(N2CCc3ccccc32)nc1)c1ccc(F)c(F)c1. The highest BCUT2D eigenvalue weighted by molar-refractivity contribution is 6.04. The summed E-state index contributed by atoms with van der Waals surface area (Å²) in [6.07, 6.45) is 2.51. The van der Waals surface area contributed by atoms with Crippen molar-refractivity contribution in [2.45, 2.75) is 6.42 Å². The Morgan fingerprint density at radius 3 is 2.65 bits per heavy atom. The number of benzene rings is 2. The summed E-state index contributed by atoms with van der Waals surface area (Å²) in [5.41, 5.74) is 2.95. The van der Waals surface area contributed by atoms with Crippen LogP contribution in [0.2, 0.25) is 0 Å². The lowest BCUT2D eigenvalue weighted by Crippen LogP contribution is -2.16. The van der Waals surface area contributed by atoms with E-state index in [1.165, 1.54) is 11.6 Å². The van der Waals surface area contributed by atoms with Crippen molar-refractivity contribution in [1.82, 2.24) is 4.98 Å². The van der Waals surface area contributed by atoms with Crippen LogP contribution in [0.5, 0.6) is 0 Å². The molecule has 1 aromatic heterocycles. The molecule has 2 heterocycles. The van der Waals surface area contributed by atoms with Gasteiger partial charge in [-0.1, -0.05) is 18.2 Å². The van der Waals surface area contributed by atoms with Crippen molar-refractivity contribution >= 4 is 23.1 Å². The number of anilines is 3. The maximum absolute atomic E-state index is 13.3. The van der Waals surface area contributed by atoms with Gasteiger partial charge in [-0.25, -0.2) is 13.8 Å². The fourth-order valence-electron chi connectivity index (χ4n) is 3.04. The summed E-state index contributed by atoms with van der Waals surface area (Å²) < 4.78 is 26.2. The van der Waals surface area contributed by atoms with Gasteiger partial charge in [-0.3, -0.25) is 4.79 Å². The minimum Gasteiger partial charge on any atom is -0.326 e. The van der Waals surface area contributed by atoms with Gasteiger partial charge in [-0.2, -0.15) is 0 Å². The summed E-state index contributed by atoms with van der Waals surface area (Å²) >= 11 is 0. The second-order valence-corrected chi connectivity index (χ2v) is 6.02. The Morgan fingerprint density at radius 2 is 1.88 bits per heavy atom. The van der Waals surface area contributed by atoms with Crippen LogP contribution in [0.1, 0.15) is 15.9 Å². The molecule has 4 rings (SSSR count). The van der Waals surface area contributed by atoms with Gasteiger partial charge in [0.05, 0.1) is 11.9 Å². The smallest absolute Gasteiger partial charge is 0.255 e. The highest BCUT2D eigenvalue weighted by Gasteiger charge is 2.20. The lowest BCUT2D eigenvalue weighted by molar-refractivity contribution is 0.102. The molecule has 1 amide bonds. The van der Waals surface area contributed by atoms with Crippen LogP contribution in [0.4, 0.5) is 26.0 Å². The number of nitrogens with one attached hydrogen (secondary N) is 1. The predicted molar refractivity (Wildman–Crippen MR) is 95.7 cm³/mol. The first-order valence-corrected chi connectivity index (χ1v) is 8.20. The number of fused-ring (bicyclic) bond motifs is 1. The number of para-hydroxylation sites is 1. The second kappa shape index (κ2) is 6.55. The van der Waals surface area contributed by atoms with Crippen molar-refractivity contribution in [1.29, 1.82) is 0 Å². The number of rotatable bonds is 3. The van der Waals surface area contributed by atoms with E-state index < -0.39 is 17.5 Å². The monoisotopic (exact) mass is 351 g/mol. The number of carbonyl (C=O) groups is 1. The van der Waals surface area contributed by atoms with E-state index in [4.69, 9.17) is 0 Å². The zero-order chi connectivity index (χ0) is 18.1. The average Bonchev–Trinajstić information content (AvgIpc) is 3.09. The quantitative estimate of drug-likeness (QED) is 0.765. The molecule has 0 saturated heterocycles. The van der Waals surface area contributed by atoms with E-state index >= 15 is 0 Å². The van der Waals surface area contributed by atoms with Crippen LogP contribution in [0, 0.1) is 11.6 Å². The Hall–Kier alpha value is -3.28. The van der Waals surface area contributed by atoms with Gasteiger partial charge in [-0.05, 0) is 48.4 Å². The normalized spacial score (nSPS) is 12.8. The third-order valence-electron chi connectivity index (χ3n) is 4.35. The van der Waals surface area contributed by atoms with E-state index in [2.05, 4.69) is 27.3 Å². The van der Waals surface area contributed by atoms with Crippen LogP contribution < -0.4 is 10.2 Å². The van der Waals surface area contributed by atoms with Gasteiger partial charge in [0, 0.05) is 17.8 Å². The van der Waals surface area contributed by atoms with Crippen LogP contribution >= 0.6 is 0 Å². The summed E-state index contributed by atoms with van der Waals surface area (Å²) in [7, 11) is 0. The lowest BCUT2D eigenvalue weighted by Gasteiger charge is -2.18. The van der Waals surface area contributed by atoms with E-state index in [1.54, 1.807) is 12.3 Å². The number of halogens is 2. The van der Waals surface area contributed by atoms with Crippen LogP contribution in [-0.2, 0) is 6.42 Å². The fraction of sp³-hybridized carbons (Fsp3) is 0.100. The van der Waals surface area contributed by atoms with Crippen molar-refractivity contribution in [3.05, 3.63) is 83.6 Å². The Morgan fingerprint density at radius 1 is 1.04 bits per heavy atom. The maximum atomic E-state index is 13.3. The third-order valence-corrected chi connectivity index (χ3v) is 4.35. The van der Waals surface area contributed by atoms with Crippen molar-refractivity contribution in [2.75, 3.05) is 16.8 Å². The van der Waals surface area contributed by atoms with Gasteiger partial charge in [0.2, 0.25) is 0 Å². The highest BCUT2D eigenvalue weighted by atomic mass is 19.2. The van der Waals surface area contributed by atoms with Gasteiger partial charge in [0.25, 0.3) is 5.91 Å². The van der Waals surface area contributed by atoms with Crippen LogP contribution in [0.25, 0.3) is 0 Å². The van der Waals surface area contributed by atoms with Crippen LogP contribution in [-0.4, -0.2) is 17.4 Å². The number of amides is 1. The second-order valence-electron chi connectivity index (χ2n) is 6.02. The predicted octanol–water partition coefficient (Wildman–Crippen LogP) is 4.31. The fourth-order valence-corrected chi connectivity index (χ4v) is 3.04. The Labute approximate surface area is 149 Å². The molecule has 2 aromatic carbocycles. The molecule has 3 aromatic rings. The molecule has 4 nitrogen and oxygen atoms in total. The summed E-state index contributed by atoms with van der Waals surface area (Å²) in [5, 5.41) is 2.63. The Balaban J connectivity index is 1.50. The largest absolute Gasteiger partial charge is 0.326 e. The molecule has 0 atom stereocenters. The summed E-state index contributed by atoms with van der Waals surface area (Å²) in [6, 6.07) is 14.8. The molecule has 0 aliphatic carbocycles. The van der Waals surface area contributed by atoms with Crippen molar-refractivity contribution in [3.8, 4) is 0 Å². The van der Waals surface area contributed by atoms with E-state index in [0.29, 0.717) is 5.69 Å². The maximum Gasteiger partial charge on any atom is 0.255 e. The molecule has 0 fully saturated rings. The molecule has 0 radical (unpaired) electrons. The summed E-state index contributed by atoms with van der Waals surface area (Å²) in [6.45, 7) is 0.854. The number of hydrogen-bond acceptors (Lipinski definition) is 3. The summed E-state index contributed by atoms with van der Waals surface area (Å²) in [5.74, 6) is -1.77. The van der Waals surface area contributed by atoms with E-state index in [9.17, 15) is 13.6 Å². The van der Waals surface area contributed by atoms with Gasteiger partial charge in [0.15, 0.2) is 11.6 Å². The molecule has 0 bridgehead atoms. The first-order chi connectivity index (χ1) is 12.6. The third kappa shape index (κ3) is 3.01. The Kier molecular flexibility index (Phi) is 4.08. The first-order valence-electron chi connectivity index (χ1n) is 8.20. The topological polar surface area (TPSA) is 45.2 Å².